The highest BCUT2D eigenvalue weighted by molar-refractivity contribution is 6.00. The number of nitrogen functional groups attached to an aromatic ring is 1. The Kier molecular flexibility index (Phi) is 3.14. The number of nitrogens with two attached hydrogens (primary N) is 1. The zero-order chi connectivity index (χ0) is 13.3. The van der Waals surface area contributed by atoms with Gasteiger partial charge in [0.25, 0.3) is 5.91 Å². The van der Waals surface area contributed by atoms with Crippen LogP contribution < -0.4 is 5.73 Å². The molecule has 0 atom stereocenters. The maximum absolute atomic E-state index is 13.0. The van der Waals surface area contributed by atoms with E-state index >= 15 is 0 Å². The molecule has 0 saturated carbocycles. The summed E-state index contributed by atoms with van der Waals surface area (Å²) in [5.41, 5.74) is 5.53. The molecule has 1 aliphatic rings. The van der Waals surface area contributed by atoms with Crippen molar-refractivity contribution in [2.45, 2.75) is 0 Å². The average molecular weight is 252 g/mol. The largest absolute Gasteiger partial charge is 0.383 e. The van der Waals surface area contributed by atoms with Gasteiger partial charge in [0.05, 0.1) is 11.8 Å². The molecule has 7 heteroatoms. The number of piperazine rings is 1. The summed E-state index contributed by atoms with van der Waals surface area (Å²) in [6, 6.07) is 1.04. The quantitative estimate of drug-likeness (QED) is 0.745. The number of nitrogens with zero attached hydrogens (tertiary/aromatic N) is 3. The molecule has 1 fully saturated rings. The Morgan fingerprint density at radius 3 is 2.89 bits per heavy atom. The predicted molar refractivity (Wildman–Crippen MR) is 62.1 cm³/mol. The van der Waals surface area contributed by atoms with Crippen molar-refractivity contribution in [2.24, 2.45) is 0 Å². The maximum Gasteiger partial charge on any atom is 0.258 e. The minimum Gasteiger partial charge on any atom is -0.383 e. The first-order valence-electron chi connectivity index (χ1n) is 5.43. The molecule has 0 radical (unpaired) electrons. The monoisotopic (exact) mass is 252 g/mol. The first-order chi connectivity index (χ1) is 8.49. The molecule has 0 spiro atoms. The lowest BCUT2D eigenvalue weighted by Gasteiger charge is -2.32. The van der Waals surface area contributed by atoms with Crippen LogP contribution >= 0.6 is 0 Å². The topological polar surface area (TPSA) is 79.5 Å². The van der Waals surface area contributed by atoms with Crippen LogP contribution in [-0.4, -0.2) is 53.3 Å². The van der Waals surface area contributed by atoms with Gasteiger partial charge in [-0.3, -0.25) is 9.59 Å². The van der Waals surface area contributed by atoms with E-state index in [0.717, 1.165) is 12.3 Å². The number of pyridine rings is 1. The van der Waals surface area contributed by atoms with Crippen LogP contribution in [-0.2, 0) is 4.79 Å². The molecule has 0 unspecified atom stereocenters. The number of carbonyl (C=O) groups excluding carboxylic acids is 2. The van der Waals surface area contributed by atoms with Crippen molar-refractivity contribution in [3.05, 3.63) is 23.6 Å². The van der Waals surface area contributed by atoms with Crippen molar-refractivity contribution in [1.29, 1.82) is 0 Å². The molecule has 2 rings (SSSR count). The van der Waals surface area contributed by atoms with Gasteiger partial charge in [-0.05, 0) is 6.07 Å². The van der Waals surface area contributed by atoms with Gasteiger partial charge in [-0.25, -0.2) is 9.37 Å². The molecular weight excluding hydrogens is 239 g/mol. The minimum atomic E-state index is -0.631. The third-order valence-corrected chi connectivity index (χ3v) is 2.86. The Bertz CT molecular complexity index is 506. The van der Waals surface area contributed by atoms with Gasteiger partial charge in [-0.15, -0.1) is 0 Å². The molecule has 1 aromatic heterocycles. The first kappa shape index (κ1) is 12.3. The van der Waals surface area contributed by atoms with Crippen molar-refractivity contribution in [3.8, 4) is 0 Å². The Hall–Kier alpha value is -2.18. The average Bonchev–Trinajstić information content (AvgIpc) is 2.35. The molecule has 0 aliphatic carbocycles. The SMILES string of the molecule is CN1CCN(C(=O)c2cc(F)cnc2N)CC1=O. The predicted octanol–water partition coefficient (Wildman–Crippen LogP) is -0.283. The summed E-state index contributed by atoms with van der Waals surface area (Å²) in [5.74, 6) is -1.29. The fourth-order valence-corrected chi connectivity index (χ4v) is 1.72. The zero-order valence-electron chi connectivity index (χ0n) is 9.89. The second-order valence-electron chi connectivity index (χ2n) is 4.13. The number of hydrogen-bond acceptors (Lipinski definition) is 4. The van der Waals surface area contributed by atoms with Gasteiger partial charge < -0.3 is 15.5 Å². The summed E-state index contributed by atoms with van der Waals surface area (Å²) < 4.78 is 13.0. The lowest BCUT2D eigenvalue weighted by atomic mass is 10.2. The summed E-state index contributed by atoms with van der Waals surface area (Å²) in [5, 5.41) is 0. The molecule has 96 valence electrons. The van der Waals surface area contributed by atoms with Crippen LogP contribution in [0.25, 0.3) is 0 Å². The number of aromatic nitrogens is 1. The van der Waals surface area contributed by atoms with Crippen LogP contribution in [0, 0.1) is 5.82 Å². The van der Waals surface area contributed by atoms with E-state index in [1.165, 1.54) is 9.80 Å². The Morgan fingerprint density at radius 2 is 2.22 bits per heavy atom. The van der Waals surface area contributed by atoms with E-state index in [4.69, 9.17) is 5.73 Å². The number of anilines is 1. The third kappa shape index (κ3) is 2.24. The fourth-order valence-electron chi connectivity index (χ4n) is 1.72. The highest BCUT2D eigenvalue weighted by atomic mass is 19.1. The lowest BCUT2D eigenvalue weighted by Crippen LogP contribution is -2.50. The van der Waals surface area contributed by atoms with Gasteiger partial charge in [0.1, 0.15) is 18.2 Å². The lowest BCUT2D eigenvalue weighted by molar-refractivity contribution is -0.133. The van der Waals surface area contributed by atoms with Crippen LogP contribution in [0.3, 0.4) is 0 Å². The number of carbonyl (C=O) groups is 2. The van der Waals surface area contributed by atoms with Crippen LogP contribution in [0.4, 0.5) is 10.2 Å². The van der Waals surface area contributed by atoms with Gasteiger partial charge in [0.15, 0.2) is 0 Å². The van der Waals surface area contributed by atoms with Crippen LogP contribution in [0.1, 0.15) is 10.4 Å². The highest BCUT2D eigenvalue weighted by Crippen LogP contribution is 2.14. The normalized spacial score (nSPS) is 16.0. The standard InChI is InChI=1S/C11H13FN4O2/c1-15-2-3-16(6-9(15)17)11(18)8-4-7(12)5-14-10(8)13/h4-5H,2-3,6H2,1H3,(H2,13,14). The van der Waals surface area contributed by atoms with E-state index in [2.05, 4.69) is 4.98 Å². The minimum absolute atomic E-state index is 0.00708. The molecule has 1 saturated heterocycles. The van der Waals surface area contributed by atoms with Gasteiger partial charge in [-0.2, -0.15) is 0 Å². The molecule has 1 aliphatic heterocycles. The van der Waals surface area contributed by atoms with Crippen molar-refractivity contribution in [2.75, 3.05) is 32.4 Å². The zero-order valence-corrected chi connectivity index (χ0v) is 9.89. The molecule has 18 heavy (non-hydrogen) atoms. The van der Waals surface area contributed by atoms with Crippen LogP contribution in [0.15, 0.2) is 12.3 Å². The summed E-state index contributed by atoms with van der Waals surface area (Å²) in [4.78, 5) is 30.1. The van der Waals surface area contributed by atoms with Crippen molar-refractivity contribution >= 4 is 17.6 Å². The first-order valence-corrected chi connectivity index (χ1v) is 5.43. The van der Waals surface area contributed by atoms with Gasteiger partial charge in [0.2, 0.25) is 5.91 Å². The van der Waals surface area contributed by atoms with Crippen LogP contribution in [0.2, 0.25) is 0 Å². The Morgan fingerprint density at radius 1 is 1.50 bits per heavy atom. The van der Waals surface area contributed by atoms with Crippen molar-refractivity contribution in [3.63, 3.8) is 0 Å². The van der Waals surface area contributed by atoms with E-state index in [0.29, 0.717) is 13.1 Å². The summed E-state index contributed by atoms with van der Waals surface area (Å²) in [7, 11) is 1.67. The third-order valence-electron chi connectivity index (χ3n) is 2.86. The molecule has 2 heterocycles. The second-order valence-corrected chi connectivity index (χ2v) is 4.13. The van der Waals surface area contributed by atoms with E-state index in [9.17, 15) is 14.0 Å². The highest BCUT2D eigenvalue weighted by Gasteiger charge is 2.27. The number of rotatable bonds is 1. The summed E-state index contributed by atoms with van der Waals surface area (Å²) in [6.07, 6.45) is 0.946. The van der Waals surface area contributed by atoms with Crippen molar-refractivity contribution < 1.29 is 14.0 Å². The number of hydrogen-bond donors (Lipinski definition) is 1. The fraction of sp³-hybridized carbons (Fsp3) is 0.364. The smallest absolute Gasteiger partial charge is 0.258 e. The molecule has 1 aromatic rings. The van der Waals surface area contributed by atoms with Crippen LogP contribution in [0.5, 0.6) is 0 Å². The van der Waals surface area contributed by atoms with E-state index in [-0.39, 0.29) is 23.8 Å². The van der Waals surface area contributed by atoms with E-state index < -0.39 is 11.7 Å². The van der Waals surface area contributed by atoms with Gasteiger partial charge >= 0.3 is 0 Å². The molecule has 6 nitrogen and oxygen atoms in total. The molecule has 0 bridgehead atoms. The molecule has 0 aromatic carbocycles. The molecule has 2 N–H and O–H groups in total. The summed E-state index contributed by atoms with van der Waals surface area (Å²) >= 11 is 0. The number of likely N-dealkylation sites (N-methyl/N-ethyl adjacent to an activating group) is 1. The maximum atomic E-state index is 13.0. The van der Waals surface area contributed by atoms with Gasteiger partial charge in [-0.1, -0.05) is 0 Å². The van der Waals surface area contributed by atoms with Gasteiger partial charge in [0, 0.05) is 20.1 Å². The second kappa shape index (κ2) is 4.59. The van der Waals surface area contributed by atoms with Crippen molar-refractivity contribution in [1.82, 2.24) is 14.8 Å². The Labute approximate surface area is 103 Å². The van der Waals surface area contributed by atoms with E-state index in [1.807, 2.05) is 0 Å². The number of halogens is 1. The Balaban J connectivity index is 2.21. The number of amides is 2. The molecular formula is C11H13FN4O2. The van der Waals surface area contributed by atoms with E-state index in [1.54, 1.807) is 7.05 Å². The molecule has 2 amide bonds. The summed E-state index contributed by atoms with van der Waals surface area (Å²) in [6.45, 7) is 0.829.